The van der Waals surface area contributed by atoms with Gasteiger partial charge in [0.1, 0.15) is 11.6 Å². The van der Waals surface area contributed by atoms with Crippen molar-refractivity contribution in [1.29, 1.82) is 5.53 Å². The molecule has 4 N–H and O–H groups in total. The highest BCUT2D eigenvalue weighted by molar-refractivity contribution is 5.82. The molecule has 0 amide bonds. The lowest BCUT2D eigenvalue weighted by molar-refractivity contribution is 0.412. The number of aryl methyl sites for hydroxylation is 1. The molecule has 2 atom stereocenters. The van der Waals surface area contributed by atoms with Gasteiger partial charge < -0.3 is 25.3 Å². The van der Waals surface area contributed by atoms with Crippen LogP contribution in [-0.2, 0) is 0 Å². The summed E-state index contributed by atoms with van der Waals surface area (Å²) in [7, 11) is 0. The molecule has 34 heavy (non-hydrogen) atoms. The van der Waals surface area contributed by atoms with Gasteiger partial charge in [0.15, 0.2) is 11.6 Å². The first-order chi connectivity index (χ1) is 16.5. The zero-order chi connectivity index (χ0) is 23.7. The number of piperazine rings is 1. The standard InChI is InChI=1S/C24H31FN8O/c1-14-11-17-19(29-14)5-6-20(23(17)25)34-24-30-21(28-8-7-18(32-26)16-3-4-16)12-22(31-24)33-10-9-27-13-15(33)2/h5-6,11-12,15-16,18,26-27,29H,3-4,7-10,13H2,1-2H3,(H,28,30,31). The molecular weight excluding hydrogens is 435 g/mol. The van der Waals surface area contributed by atoms with E-state index in [-0.39, 0.29) is 23.8 Å². The highest BCUT2D eigenvalue weighted by atomic mass is 19.1. The molecule has 2 aliphatic rings. The van der Waals surface area contributed by atoms with Gasteiger partial charge in [-0.2, -0.15) is 15.1 Å². The molecular formula is C24H31FN8O. The number of hydrogen-bond acceptors (Lipinski definition) is 8. The summed E-state index contributed by atoms with van der Waals surface area (Å²) in [5.41, 5.74) is 9.05. The van der Waals surface area contributed by atoms with Crippen LogP contribution in [-0.4, -0.2) is 53.2 Å². The Hall–Kier alpha value is -3.27. The Morgan fingerprint density at radius 2 is 2.18 bits per heavy atom. The third-order valence-corrected chi connectivity index (χ3v) is 6.60. The molecule has 9 nitrogen and oxygen atoms in total. The van der Waals surface area contributed by atoms with E-state index in [0.29, 0.717) is 23.7 Å². The molecule has 1 aromatic carbocycles. The molecule has 1 aliphatic carbocycles. The van der Waals surface area contributed by atoms with Gasteiger partial charge in [0.05, 0.1) is 6.04 Å². The fourth-order valence-corrected chi connectivity index (χ4v) is 4.58. The number of nitrogens with one attached hydrogen (secondary N) is 4. The maximum absolute atomic E-state index is 15.1. The Morgan fingerprint density at radius 1 is 1.32 bits per heavy atom. The first-order valence-corrected chi connectivity index (χ1v) is 11.9. The lowest BCUT2D eigenvalue weighted by Gasteiger charge is -2.35. The summed E-state index contributed by atoms with van der Waals surface area (Å²) < 4.78 is 21.0. The van der Waals surface area contributed by atoms with Gasteiger partial charge in [-0.25, -0.2) is 9.92 Å². The van der Waals surface area contributed by atoms with E-state index in [1.807, 2.05) is 13.0 Å². The number of rotatable bonds is 9. The maximum atomic E-state index is 15.1. The number of benzene rings is 1. The number of halogens is 1. The molecule has 2 aromatic heterocycles. The van der Waals surface area contributed by atoms with Crippen LogP contribution in [0.15, 0.2) is 29.4 Å². The van der Waals surface area contributed by atoms with Crippen molar-refractivity contribution in [3.63, 3.8) is 0 Å². The molecule has 180 valence electrons. The molecule has 2 unspecified atom stereocenters. The van der Waals surface area contributed by atoms with Crippen LogP contribution >= 0.6 is 0 Å². The molecule has 0 spiro atoms. The first kappa shape index (κ1) is 22.5. The highest BCUT2D eigenvalue weighted by Crippen LogP contribution is 2.36. The van der Waals surface area contributed by atoms with Crippen molar-refractivity contribution < 1.29 is 9.13 Å². The molecule has 1 aliphatic heterocycles. The van der Waals surface area contributed by atoms with Crippen LogP contribution in [0.25, 0.3) is 10.9 Å². The van der Waals surface area contributed by atoms with Crippen LogP contribution in [0, 0.1) is 24.2 Å². The maximum Gasteiger partial charge on any atom is 0.326 e. The minimum atomic E-state index is -0.440. The van der Waals surface area contributed by atoms with Crippen LogP contribution in [0.5, 0.6) is 11.8 Å². The summed E-state index contributed by atoms with van der Waals surface area (Å²) in [6, 6.07) is 7.47. The summed E-state index contributed by atoms with van der Waals surface area (Å²) in [5.74, 6) is 1.54. The molecule has 3 aromatic rings. The van der Waals surface area contributed by atoms with Gasteiger partial charge in [0.2, 0.25) is 0 Å². The third-order valence-electron chi connectivity index (χ3n) is 6.60. The van der Waals surface area contributed by atoms with Gasteiger partial charge in [0.25, 0.3) is 0 Å². The van der Waals surface area contributed by atoms with Gasteiger partial charge in [-0.15, -0.1) is 0 Å². The largest absolute Gasteiger partial charge is 0.421 e. The number of aromatic nitrogens is 3. The summed E-state index contributed by atoms with van der Waals surface area (Å²) in [5, 5.41) is 11.0. The number of H-pyrrole nitrogens is 1. The summed E-state index contributed by atoms with van der Waals surface area (Å²) in [4.78, 5) is 14.5. The van der Waals surface area contributed by atoms with Gasteiger partial charge in [0, 0.05) is 54.9 Å². The van der Waals surface area contributed by atoms with Crippen LogP contribution in [0.3, 0.4) is 0 Å². The highest BCUT2D eigenvalue weighted by Gasteiger charge is 2.30. The summed E-state index contributed by atoms with van der Waals surface area (Å²) in [6.45, 7) is 7.19. The van der Waals surface area contributed by atoms with Crippen molar-refractivity contribution in [2.24, 2.45) is 11.0 Å². The van der Waals surface area contributed by atoms with E-state index in [0.717, 1.165) is 55.9 Å². The lowest BCUT2D eigenvalue weighted by Crippen LogP contribution is -2.50. The van der Waals surface area contributed by atoms with E-state index in [9.17, 15) is 0 Å². The van der Waals surface area contributed by atoms with Gasteiger partial charge >= 0.3 is 6.01 Å². The van der Waals surface area contributed by atoms with E-state index in [1.165, 1.54) is 0 Å². The van der Waals surface area contributed by atoms with Crippen LogP contribution < -0.4 is 20.3 Å². The van der Waals surface area contributed by atoms with E-state index in [4.69, 9.17) is 10.3 Å². The van der Waals surface area contributed by atoms with E-state index in [1.54, 1.807) is 18.2 Å². The van der Waals surface area contributed by atoms with Crippen molar-refractivity contribution >= 4 is 22.5 Å². The summed E-state index contributed by atoms with van der Waals surface area (Å²) in [6.07, 6.45) is 3.08. The fourth-order valence-electron chi connectivity index (χ4n) is 4.58. The zero-order valence-corrected chi connectivity index (χ0v) is 19.6. The number of nitrogens with zero attached hydrogens (tertiary/aromatic N) is 4. The average molecular weight is 467 g/mol. The van der Waals surface area contributed by atoms with Crippen molar-refractivity contribution in [3.8, 4) is 11.8 Å². The zero-order valence-electron chi connectivity index (χ0n) is 19.6. The van der Waals surface area contributed by atoms with Crippen molar-refractivity contribution in [1.82, 2.24) is 20.3 Å². The van der Waals surface area contributed by atoms with Crippen LogP contribution in [0.2, 0.25) is 0 Å². The molecule has 3 heterocycles. The molecule has 0 radical (unpaired) electrons. The van der Waals surface area contributed by atoms with E-state index < -0.39 is 5.82 Å². The van der Waals surface area contributed by atoms with Crippen LogP contribution in [0.4, 0.5) is 16.0 Å². The lowest BCUT2D eigenvalue weighted by atomic mass is 10.1. The van der Waals surface area contributed by atoms with E-state index >= 15 is 4.39 Å². The Morgan fingerprint density at radius 3 is 2.94 bits per heavy atom. The van der Waals surface area contributed by atoms with E-state index in [2.05, 4.69) is 42.5 Å². The first-order valence-electron chi connectivity index (χ1n) is 11.9. The Bertz CT molecular complexity index is 1180. The fraction of sp³-hybridized carbons (Fsp3) is 0.500. The molecule has 5 rings (SSSR count). The number of ether oxygens (including phenoxy) is 1. The predicted molar refractivity (Wildman–Crippen MR) is 130 cm³/mol. The monoisotopic (exact) mass is 466 g/mol. The molecule has 10 heteroatoms. The van der Waals surface area contributed by atoms with Crippen molar-refractivity contribution in [2.75, 3.05) is 36.4 Å². The Kier molecular flexibility index (Phi) is 6.32. The van der Waals surface area contributed by atoms with Gasteiger partial charge in [-0.1, -0.05) is 0 Å². The van der Waals surface area contributed by atoms with Crippen molar-refractivity contribution in [3.05, 3.63) is 35.8 Å². The minimum absolute atomic E-state index is 0.0587. The molecule has 2 fully saturated rings. The third kappa shape index (κ3) is 4.82. The minimum Gasteiger partial charge on any atom is -0.421 e. The predicted octanol–water partition coefficient (Wildman–Crippen LogP) is 4.61. The SMILES string of the molecule is Cc1cc2c(F)c(Oc3nc(NCCC(N=N)C4CC4)cc(N4CCNCC4C)n3)ccc2[nH]1. The number of fused-ring (bicyclic) bond motifs is 1. The number of hydrogen-bond donors (Lipinski definition) is 4. The Labute approximate surface area is 198 Å². The normalized spacial score (nSPS) is 19.3. The molecule has 1 saturated carbocycles. The number of anilines is 2. The number of aromatic amines is 1. The van der Waals surface area contributed by atoms with Crippen molar-refractivity contribution in [2.45, 2.75) is 45.2 Å². The topological polar surface area (TPSA) is 114 Å². The smallest absolute Gasteiger partial charge is 0.326 e. The summed E-state index contributed by atoms with van der Waals surface area (Å²) >= 11 is 0. The molecule has 1 saturated heterocycles. The quantitative estimate of drug-likeness (QED) is 0.343. The second-order valence-corrected chi connectivity index (χ2v) is 9.28. The van der Waals surface area contributed by atoms with Gasteiger partial charge in [-0.3, -0.25) is 0 Å². The molecule has 0 bridgehead atoms. The van der Waals surface area contributed by atoms with Gasteiger partial charge in [-0.05, 0) is 57.2 Å². The Balaban J connectivity index is 1.40. The van der Waals surface area contributed by atoms with Crippen LogP contribution in [0.1, 0.15) is 31.9 Å². The second-order valence-electron chi connectivity index (χ2n) is 9.28. The second kappa shape index (κ2) is 9.54. The average Bonchev–Trinajstić information content (AvgIpc) is 3.59.